The zero-order chi connectivity index (χ0) is 11.4. The third-order valence-corrected chi connectivity index (χ3v) is 2.15. The molecule has 0 spiro atoms. The Labute approximate surface area is 97.3 Å². The van der Waals surface area contributed by atoms with Crippen LogP contribution in [-0.2, 0) is 0 Å². The molecule has 0 aliphatic heterocycles. The number of amides is 1. The Kier molecular flexibility index (Phi) is 3.12. The number of benzene rings is 1. The Morgan fingerprint density at radius 1 is 1.19 bits per heavy atom. The number of hydrogen-bond donors (Lipinski definition) is 1. The van der Waals surface area contributed by atoms with Gasteiger partial charge in [-0.15, -0.1) is 0 Å². The lowest BCUT2D eigenvalue weighted by Crippen LogP contribution is -2.13. The standard InChI is InChI=1S/C11H8ClN3O/c12-8-1-3-9(4-2-8)15-11(16)10-7-13-5-6-14-10/h1-7H,(H,15,16). The molecule has 1 N–H and O–H groups in total. The lowest BCUT2D eigenvalue weighted by Gasteiger charge is -2.03. The molecule has 0 saturated carbocycles. The molecule has 0 radical (unpaired) electrons. The second kappa shape index (κ2) is 4.72. The summed E-state index contributed by atoms with van der Waals surface area (Å²) in [6, 6.07) is 6.84. The first-order chi connectivity index (χ1) is 7.75. The fourth-order valence-electron chi connectivity index (χ4n) is 1.14. The quantitative estimate of drug-likeness (QED) is 0.867. The average molecular weight is 234 g/mol. The van der Waals surface area contributed by atoms with E-state index in [0.717, 1.165) is 0 Å². The molecule has 0 aliphatic carbocycles. The molecule has 2 rings (SSSR count). The summed E-state index contributed by atoms with van der Waals surface area (Å²) in [6.07, 6.45) is 4.39. The number of halogens is 1. The number of nitrogens with zero attached hydrogens (tertiary/aromatic N) is 2. The van der Waals surface area contributed by atoms with Gasteiger partial charge in [-0.3, -0.25) is 9.78 Å². The van der Waals surface area contributed by atoms with E-state index in [1.165, 1.54) is 18.6 Å². The van der Waals surface area contributed by atoms with Crippen LogP contribution in [0.2, 0.25) is 5.02 Å². The maximum atomic E-state index is 11.7. The highest BCUT2D eigenvalue weighted by Gasteiger charge is 2.06. The molecule has 0 aliphatic rings. The van der Waals surface area contributed by atoms with E-state index in [1.54, 1.807) is 24.3 Å². The van der Waals surface area contributed by atoms with Gasteiger partial charge in [0.05, 0.1) is 6.20 Å². The molecule has 80 valence electrons. The van der Waals surface area contributed by atoms with Crippen LogP contribution in [0.3, 0.4) is 0 Å². The normalized spacial score (nSPS) is 9.81. The van der Waals surface area contributed by atoms with Crippen molar-refractivity contribution in [1.82, 2.24) is 9.97 Å². The van der Waals surface area contributed by atoms with Crippen molar-refractivity contribution in [3.8, 4) is 0 Å². The van der Waals surface area contributed by atoms with E-state index in [-0.39, 0.29) is 11.6 Å². The molecule has 1 heterocycles. The molecule has 0 unspecified atom stereocenters. The van der Waals surface area contributed by atoms with Crippen molar-refractivity contribution in [2.45, 2.75) is 0 Å². The van der Waals surface area contributed by atoms with Crippen molar-refractivity contribution in [3.05, 3.63) is 53.6 Å². The Morgan fingerprint density at radius 3 is 2.56 bits per heavy atom. The van der Waals surface area contributed by atoms with E-state index in [4.69, 9.17) is 11.6 Å². The van der Waals surface area contributed by atoms with Gasteiger partial charge in [-0.2, -0.15) is 0 Å². The van der Waals surface area contributed by atoms with Crippen LogP contribution >= 0.6 is 11.6 Å². The number of carbonyl (C=O) groups is 1. The van der Waals surface area contributed by atoms with Crippen molar-refractivity contribution in [2.75, 3.05) is 5.32 Å². The van der Waals surface area contributed by atoms with Crippen molar-refractivity contribution >= 4 is 23.2 Å². The van der Waals surface area contributed by atoms with Crippen LogP contribution in [0.5, 0.6) is 0 Å². The van der Waals surface area contributed by atoms with E-state index in [2.05, 4.69) is 15.3 Å². The Morgan fingerprint density at radius 2 is 1.94 bits per heavy atom. The number of hydrogen-bond acceptors (Lipinski definition) is 3. The maximum Gasteiger partial charge on any atom is 0.275 e. The summed E-state index contributed by atoms with van der Waals surface area (Å²) in [6.45, 7) is 0. The summed E-state index contributed by atoms with van der Waals surface area (Å²) in [4.78, 5) is 19.4. The molecule has 5 heteroatoms. The molecule has 16 heavy (non-hydrogen) atoms. The highest BCUT2D eigenvalue weighted by Crippen LogP contribution is 2.13. The van der Waals surface area contributed by atoms with Crippen molar-refractivity contribution < 1.29 is 4.79 Å². The lowest BCUT2D eigenvalue weighted by atomic mass is 10.3. The monoisotopic (exact) mass is 233 g/mol. The van der Waals surface area contributed by atoms with E-state index in [9.17, 15) is 4.79 Å². The number of rotatable bonds is 2. The summed E-state index contributed by atoms with van der Waals surface area (Å²) in [7, 11) is 0. The highest BCUT2D eigenvalue weighted by atomic mass is 35.5. The Balaban J connectivity index is 2.11. The molecular formula is C11H8ClN3O. The molecule has 0 saturated heterocycles. The van der Waals surface area contributed by atoms with Gasteiger partial charge in [0.15, 0.2) is 0 Å². The van der Waals surface area contributed by atoms with Crippen LogP contribution in [0.1, 0.15) is 10.5 Å². The number of anilines is 1. The molecule has 2 aromatic rings. The van der Waals surface area contributed by atoms with Gasteiger partial charge in [0.2, 0.25) is 0 Å². The topological polar surface area (TPSA) is 54.9 Å². The van der Waals surface area contributed by atoms with Crippen molar-refractivity contribution in [1.29, 1.82) is 0 Å². The highest BCUT2D eigenvalue weighted by molar-refractivity contribution is 6.30. The maximum absolute atomic E-state index is 11.7. The summed E-state index contributed by atoms with van der Waals surface area (Å²) >= 11 is 5.73. The molecule has 1 amide bonds. The first-order valence-corrected chi connectivity index (χ1v) is 4.96. The van der Waals surface area contributed by atoms with Gasteiger partial charge in [0, 0.05) is 23.1 Å². The molecule has 4 nitrogen and oxygen atoms in total. The minimum atomic E-state index is -0.296. The van der Waals surface area contributed by atoms with E-state index < -0.39 is 0 Å². The van der Waals surface area contributed by atoms with Crippen LogP contribution in [0.25, 0.3) is 0 Å². The molecule has 1 aromatic heterocycles. The van der Waals surface area contributed by atoms with Crippen molar-refractivity contribution in [3.63, 3.8) is 0 Å². The molecule has 0 fully saturated rings. The smallest absolute Gasteiger partial charge is 0.275 e. The van der Waals surface area contributed by atoms with E-state index in [1.807, 2.05) is 0 Å². The molecular weight excluding hydrogens is 226 g/mol. The largest absolute Gasteiger partial charge is 0.321 e. The molecule has 0 bridgehead atoms. The van der Waals surface area contributed by atoms with Crippen LogP contribution < -0.4 is 5.32 Å². The second-order valence-corrected chi connectivity index (χ2v) is 3.49. The Bertz CT molecular complexity index is 484. The van der Waals surface area contributed by atoms with Crippen LogP contribution in [-0.4, -0.2) is 15.9 Å². The summed E-state index contributed by atoms with van der Waals surface area (Å²) < 4.78 is 0. The average Bonchev–Trinajstić information content (AvgIpc) is 2.33. The zero-order valence-corrected chi connectivity index (χ0v) is 8.98. The molecule has 0 atom stereocenters. The predicted molar refractivity (Wildman–Crippen MR) is 61.4 cm³/mol. The SMILES string of the molecule is O=C(Nc1ccc(Cl)cc1)c1cnccn1. The third-order valence-electron chi connectivity index (χ3n) is 1.90. The van der Waals surface area contributed by atoms with Gasteiger partial charge >= 0.3 is 0 Å². The predicted octanol–water partition coefficient (Wildman–Crippen LogP) is 2.38. The minimum absolute atomic E-state index is 0.275. The number of carbonyl (C=O) groups excluding carboxylic acids is 1. The Hall–Kier alpha value is -1.94. The summed E-state index contributed by atoms with van der Waals surface area (Å²) in [5.41, 5.74) is 0.942. The first-order valence-electron chi connectivity index (χ1n) is 4.58. The fraction of sp³-hybridized carbons (Fsp3) is 0. The lowest BCUT2D eigenvalue weighted by molar-refractivity contribution is 0.102. The third kappa shape index (κ3) is 2.55. The first kappa shape index (κ1) is 10.6. The van der Waals surface area contributed by atoms with Crippen LogP contribution in [0.4, 0.5) is 5.69 Å². The van der Waals surface area contributed by atoms with E-state index in [0.29, 0.717) is 10.7 Å². The van der Waals surface area contributed by atoms with E-state index >= 15 is 0 Å². The van der Waals surface area contributed by atoms with Gasteiger partial charge in [0.1, 0.15) is 5.69 Å². The van der Waals surface area contributed by atoms with Crippen LogP contribution in [0, 0.1) is 0 Å². The van der Waals surface area contributed by atoms with Gasteiger partial charge in [0.25, 0.3) is 5.91 Å². The van der Waals surface area contributed by atoms with Gasteiger partial charge < -0.3 is 5.32 Å². The number of nitrogens with one attached hydrogen (secondary N) is 1. The fourth-order valence-corrected chi connectivity index (χ4v) is 1.27. The molecule has 1 aromatic carbocycles. The van der Waals surface area contributed by atoms with Crippen LogP contribution in [0.15, 0.2) is 42.9 Å². The summed E-state index contributed by atoms with van der Waals surface area (Å²) in [5.74, 6) is -0.296. The second-order valence-electron chi connectivity index (χ2n) is 3.05. The van der Waals surface area contributed by atoms with Gasteiger partial charge in [-0.05, 0) is 24.3 Å². The zero-order valence-electron chi connectivity index (χ0n) is 8.22. The van der Waals surface area contributed by atoms with Gasteiger partial charge in [-0.1, -0.05) is 11.6 Å². The number of aromatic nitrogens is 2. The minimum Gasteiger partial charge on any atom is -0.321 e. The summed E-state index contributed by atoms with van der Waals surface area (Å²) in [5, 5.41) is 3.31. The van der Waals surface area contributed by atoms with Crippen molar-refractivity contribution in [2.24, 2.45) is 0 Å². The van der Waals surface area contributed by atoms with Gasteiger partial charge in [-0.25, -0.2) is 4.98 Å².